The molecule has 1 aliphatic heterocycles. The van der Waals surface area contributed by atoms with Crippen LogP contribution in [-0.2, 0) is 0 Å². The molecule has 4 rings (SSSR count). The van der Waals surface area contributed by atoms with Gasteiger partial charge in [-0.1, -0.05) is 0 Å². The molecule has 1 aromatic carbocycles. The van der Waals surface area contributed by atoms with Gasteiger partial charge in [-0.25, -0.2) is 8.78 Å². The van der Waals surface area contributed by atoms with Crippen molar-refractivity contribution in [2.75, 3.05) is 18.0 Å². The van der Waals surface area contributed by atoms with E-state index in [0.717, 1.165) is 18.6 Å². The van der Waals surface area contributed by atoms with Crippen molar-refractivity contribution in [1.82, 2.24) is 25.1 Å². The molecule has 0 saturated carbocycles. The highest BCUT2D eigenvalue weighted by Crippen LogP contribution is 2.36. The molecule has 1 N–H and O–H groups in total. The van der Waals surface area contributed by atoms with Gasteiger partial charge in [0.05, 0.1) is 6.04 Å². The van der Waals surface area contributed by atoms with E-state index in [4.69, 9.17) is 0 Å². The van der Waals surface area contributed by atoms with Crippen molar-refractivity contribution in [2.45, 2.75) is 25.8 Å². The van der Waals surface area contributed by atoms with Crippen LogP contribution >= 0.6 is 0 Å². The summed E-state index contributed by atoms with van der Waals surface area (Å²) in [6.07, 6.45) is 1.51. The van der Waals surface area contributed by atoms with Crippen molar-refractivity contribution < 1.29 is 13.6 Å². The Morgan fingerprint density at radius 3 is 2.93 bits per heavy atom. The normalized spacial score (nSPS) is 16.9. The molecule has 9 heteroatoms. The van der Waals surface area contributed by atoms with Crippen LogP contribution in [0.2, 0.25) is 0 Å². The maximum atomic E-state index is 14.3. The van der Waals surface area contributed by atoms with E-state index in [1.165, 1.54) is 10.6 Å². The standard InChI is InChI=1S/C18H18F2N6O/c1-2-21-18(27)17-23-22-15-7-8-16(24-26(15)17)25-9-3-4-14(25)12-10-11(19)5-6-13(12)20/h5-8,10,14H,2-4,9H2,1H3,(H,21,27). The predicted octanol–water partition coefficient (Wildman–Crippen LogP) is 2.49. The molecule has 1 atom stereocenters. The fourth-order valence-corrected chi connectivity index (χ4v) is 3.45. The van der Waals surface area contributed by atoms with Gasteiger partial charge in [-0.05, 0) is 50.1 Å². The Balaban J connectivity index is 1.73. The number of anilines is 1. The first-order valence-electron chi connectivity index (χ1n) is 8.80. The number of hydrogen-bond donors (Lipinski definition) is 1. The molecule has 140 valence electrons. The van der Waals surface area contributed by atoms with Crippen LogP contribution in [0, 0.1) is 11.6 Å². The maximum Gasteiger partial charge on any atom is 0.291 e. The van der Waals surface area contributed by atoms with E-state index in [1.807, 2.05) is 11.8 Å². The summed E-state index contributed by atoms with van der Waals surface area (Å²) in [6.45, 7) is 2.92. The zero-order valence-corrected chi connectivity index (χ0v) is 14.7. The fourth-order valence-electron chi connectivity index (χ4n) is 3.45. The summed E-state index contributed by atoms with van der Waals surface area (Å²) < 4.78 is 29.3. The summed E-state index contributed by atoms with van der Waals surface area (Å²) in [7, 11) is 0. The van der Waals surface area contributed by atoms with Crippen molar-refractivity contribution >= 4 is 17.4 Å². The van der Waals surface area contributed by atoms with Gasteiger partial charge in [0.2, 0.25) is 5.82 Å². The SMILES string of the molecule is CCNC(=O)c1nnc2ccc(N3CCCC3c3cc(F)ccc3F)nn12. The van der Waals surface area contributed by atoms with Gasteiger partial charge in [-0.2, -0.15) is 4.52 Å². The number of hydrogen-bond acceptors (Lipinski definition) is 5. The van der Waals surface area contributed by atoms with E-state index in [0.29, 0.717) is 36.5 Å². The summed E-state index contributed by atoms with van der Waals surface area (Å²) in [5.74, 6) is -0.648. The Morgan fingerprint density at radius 1 is 1.26 bits per heavy atom. The molecule has 0 spiro atoms. The van der Waals surface area contributed by atoms with Crippen molar-refractivity contribution in [1.29, 1.82) is 0 Å². The molecule has 1 amide bonds. The van der Waals surface area contributed by atoms with Crippen LogP contribution in [0.3, 0.4) is 0 Å². The zero-order valence-electron chi connectivity index (χ0n) is 14.7. The smallest absolute Gasteiger partial charge is 0.291 e. The topological polar surface area (TPSA) is 75.4 Å². The Morgan fingerprint density at radius 2 is 2.11 bits per heavy atom. The summed E-state index contributed by atoms with van der Waals surface area (Å²) in [6, 6.07) is 6.62. The number of carbonyl (C=O) groups is 1. The second-order valence-electron chi connectivity index (χ2n) is 6.36. The van der Waals surface area contributed by atoms with Gasteiger partial charge in [-0.3, -0.25) is 4.79 Å². The van der Waals surface area contributed by atoms with Gasteiger partial charge < -0.3 is 10.2 Å². The molecule has 0 aliphatic carbocycles. The average Bonchev–Trinajstić information content (AvgIpc) is 3.30. The molecule has 3 heterocycles. The minimum absolute atomic E-state index is 0.0846. The number of nitrogens with one attached hydrogen (secondary N) is 1. The molecule has 2 aromatic heterocycles. The first-order valence-corrected chi connectivity index (χ1v) is 8.80. The highest BCUT2D eigenvalue weighted by Gasteiger charge is 2.30. The Hall–Kier alpha value is -3.10. The van der Waals surface area contributed by atoms with Crippen molar-refractivity contribution in [2.24, 2.45) is 0 Å². The molecule has 0 radical (unpaired) electrons. The van der Waals surface area contributed by atoms with Crippen molar-refractivity contribution in [3.8, 4) is 0 Å². The monoisotopic (exact) mass is 372 g/mol. The number of aromatic nitrogens is 4. The second kappa shape index (κ2) is 6.90. The van der Waals surface area contributed by atoms with Crippen LogP contribution in [-0.4, -0.2) is 38.8 Å². The van der Waals surface area contributed by atoms with Crippen LogP contribution in [0.25, 0.3) is 5.65 Å². The van der Waals surface area contributed by atoms with Gasteiger partial charge in [0.25, 0.3) is 5.91 Å². The van der Waals surface area contributed by atoms with Crippen molar-refractivity contribution in [3.63, 3.8) is 0 Å². The average molecular weight is 372 g/mol. The predicted molar refractivity (Wildman–Crippen MR) is 94.5 cm³/mol. The lowest BCUT2D eigenvalue weighted by atomic mass is 10.0. The third-order valence-corrected chi connectivity index (χ3v) is 4.65. The summed E-state index contributed by atoms with van der Waals surface area (Å²) in [5, 5.41) is 15.0. The molecule has 0 bridgehead atoms. The van der Waals surface area contributed by atoms with Crippen molar-refractivity contribution in [3.05, 3.63) is 53.4 Å². The Labute approximate surface area is 154 Å². The first-order chi connectivity index (χ1) is 13.1. The number of benzene rings is 1. The first kappa shape index (κ1) is 17.3. The molecule has 1 saturated heterocycles. The number of halogens is 2. The van der Waals surface area contributed by atoms with Crippen LogP contribution in [0.15, 0.2) is 30.3 Å². The maximum absolute atomic E-state index is 14.3. The van der Waals surface area contributed by atoms with Crippen LogP contribution in [0.5, 0.6) is 0 Å². The minimum atomic E-state index is -0.473. The van der Waals surface area contributed by atoms with Gasteiger partial charge >= 0.3 is 0 Å². The third-order valence-electron chi connectivity index (χ3n) is 4.65. The lowest BCUT2D eigenvalue weighted by Crippen LogP contribution is -2.27. The van der Waals surface area contributed by atoms with Crippen LogP contribution < -0.4 is 10.2 Å². The Bertz CT molecular complexity index is 1000. The summed E-state index contributed by atoms with van der Waals surface area (Å²) in [5.41, 5.74) is 0.745. The molecule has 1 unspecified atom stereocenters. The fraction of sp³-hybridized carbons (Fsp3) is 0.333. The number of amides is 1. The van der Waals surface area contributed by atoms with E-state index in [2.05, 4.69) is 20.6 Å². The lowest BCUT2D eigenvalue weighted by Gasteiger charge is -2.26. The molecular weight excluding hydrogens is 354 g/mol. The van der Waals surface area contributed by atoms with E-state index in [-0.39, 0.29) is 17.8 Å². The number of nitrogens with zero attached hydrogens (tertiary/aromatic N) is 5. The molecule has 7 nitrogen and oxygen atoms in total. The number of fused-ring (bicyclic) bond motifs is 1. The minimum Gasteiger partial charge on any atom is -0.350 e. The van der Waals surface area contributed by atoms with Gasteiger partial charge in [0.15, 0.2) is 5.65 Å². The van der Waals surface area contributed by atoms with Crippen LogP contribution in [0.4, 0.5) is 14.6 Å². The molecule has 27 heavy (non-hydrogen) atoms. The molecule has 1 fully saturated rings. The van der Waals surface area contributed by atoms with E-state index < -0.39 is 11.6 Å². The van der Waals surface area contributed by atoms with E-state index in [1.54, 1.807) is 12.1 Å². The molecule has 1 aliphatic rings. The molecular formula is C18H18F2N6O. The highest BCUT2D eigenvalue weighted by molar-refractivity contribution is 5.91. The third kappa shape index (κ3) is 3.09. The van der Waals surface area contributed by atoms with Gasteiger partial charge in [0, 0.05) is 18.7 Å². The lowest BCUT2D eigenvalue weighted by molar-refractivity contribution is 0.0943. The number of rotatable bonds is 4. The second-order valence-corrected chi connectivity index (χ2v) is 6.36. The van der Waals surface area contributed by atoms with Crippen LogP contribution in [0.1, 0.15) is 42.0 Å². The Kier molecular flexibility index (Phi) is 4.43. The zero-order chi connectivity index (χ0) is 19.0. The number of carbonyl (C=O) groups excluding carboxylic acids is 1. The van der Waals surface area contributed by atoms with Gasteiger partial charge in [0.1, 0.15) is 17.5 Å². The van der Waals surface area contributed by atoms with Gasteiger partial charge in [-0.15, -0.1) is 15.3 Å². The van der Waals surface area contributed by atoms with E-state index >= 15 is 0 Å². The molecule has 3 aromatic rings. The largest absolute Gasteiger partial charge is 0.350 e. The highest BCUT2D eigenvalue weighted by atomic mass is 19.1. The summed E-state index contributed by atoms with van der Waals surface area (Å²) in [4.78, 5) is 14.1. The summed E-state index contributed by atoms with van der Waals surface area (Å²) >= 11 is 0. The van der Waals surface area contributed by atoms with E-state index in [9.17, 15) is 13.6 Å². The quantitative estimate of drug-likeness (QED) is 0.762.